The van der Waals surface area contributed by atoms with Crippen molar-refractivity contribution in [3.8, 4) is 39.7 Å². The van der Waals surface area contributed by atoms with Crippen LogP contribution in [-0.2, 0) is 20.1 Å². The van der Waals surface area contributed by atoms with Crippen LogP contribution in [0.1, 0.15) is 11.1 Å². The van der Waals surface area contributed by atoms with Gasteiger partial charge in [-0.2, -0.15) is 0 Å². The van der Waals surface area contributed by atoms with Crippen LogP contribution in [0.15, 0.2) is 109 Å². The number of aryl methyl sites for hydroxylation is 1. The van der Waals surface area contributed by atoms with E-state index in [1.54, 1.807) is 18.3 Å². The molecule has 0 amide bonds. The molecule has 5 rings (SSSR count). The van der Waals surface area contributed by atoms with E-state index in [0.717, 1.165) is 33.6 Å². The van der Waals surface area contributed by atoms with Crippen LogP contribution in [0.3, 0.4) is 0 Å². The number of nitriles is 1. The minimum absolute atomic E-state index is 0. The van der Waals surface area contributed by atoms with Gasteiger partial charge in [-0.05, 0) is 41.1 Å². The van der Waals surface area contributed by atoms with Crippen molar-refractivity contribution in [2.75, 3.05) is 0 Å². The standard InChI is InChI=1S/C19H13N2.C11H8N.Ir/c1-14-11-19(17-9-7-15(12-20)8-10-17)21-13-18(14)16-5-3-2-4-6-16;1-2-6-10(7-3-1)11-8-4-5-9-12-11;/h2-9,11,13H,1H3;1-6,8-9H;/q2*-1;. The molecule has 2 heterocycles. The number of hydrogen-bond acceptors (Lipinski definition) is 3. The van der Waals surface area contributed by atoms with Crippen molar-refractivity contribution in [3.63, 3.8) is 0 Å². The van der Waals surface area contributed by atoms with E-state index in [2.05, 4.69) is 53.3 Å². The van der Waals surface area contributed by atoms with Crippen LogP contribution in [0.4, 0.5) is 0 Å². The molecule has 34 heavy (non-hydrogen) atoms. The first-order valence-corrected chi connectivity index (χ1v) is 10.6. The second-order valence-corrected chi connectivity index (χ2v) is 7.34. The van der Waals surface area contributed by atoms with Crippen molar-refractivity contribution >= 4 is 0 Å². The zero-order valence-corrected chi connectivity index (χ0v) is 21.0. The third-order valence-corrected chi connectivity index (χ3v) is 5.06. The zero-order valence-electron chi connectivity index (χ0n) is 18.6. The molecule has 2 aromatic heterocycles. The summed E-state index contributed by atoms with van der Waals surface area (Å²) in [6.45, 7) is 2.08. The average molecular weight is 616 g/mol. The average Bonchev–Trinajstić information content (AvgIpc) is 2.90. The summed E-state index contributed by atoms with van der Waals surface area (Å²) in [6.07, 6.45) is 3.68. The van der Waals surface area contributed by atoms with E-state index >= 15 is 0 Å². The molecule has 0 aliphatic carbocycles. The number of pyridine rings is 2. The Hall–Kier alpha value is -3.90. The molecule has 0 atom stereocenters. The predicted molar refractivity (Wildman–Crippen MR) is 132 cm³/mol. The molecule has 0 bridgehead atoms. The van der Waals surface area contributed by atoms with Gasteiger partial charge in [-0.25, -0.2) is 5.26 Å². The summed E-state index contributed by atoms with van der Waals surface area (Å²) in [5, 5.41) is 8.82. The number of benzene rings is 3. The van der Waals surface area contributed by atoms with E-state index in [1.807, 2.05) is 72.9 Å². The summed E-state index contributed by atoms with van der Waals surface area (Å²) in [6, 6.07) is 39.6. The quantitative estimate of drug-likeness (QED) is 0.207. The second-order valence-electron chi connectivity index (χ2n) is 7.34. The van der Waals surface area contributed by atoms with E-state index in [1.165, 1.54) is 5.56 Å². The molecule has 0 saturated carbocycles. The van der Waals surface area contributed by atoms with Crippen LogP contribution in [0.2, 0.25) is 0 Å². The molecule has 3 aromatic carbocycles. The fourth-order valence-electron chi connectivity index (χ4n) is 3.35. The van der Waals surface area contributed by atoms with Gasteiger partial charge in [0.25, 0.3) is 0 Å². The molecule has 0 saturated heterocycles. The van der Waals surface area contributed by atoms with Crippen LogP contribution in [-0.4, -0.2) is 9.97 Å². The van der Waals surface area contributed by atoms with Crippen LogP contribution in [0.5, 0.6) is 0 Å². The fraction of sp³-hybridized carbons (Fsp3) is 0.0333. The molecule has 0 aliphatic rings. The Kier molecular flexibility index (Phi) is 9.00. The molecule has 1 radical (unpaired) electrons. The summed E-state index contributed by atoms with van der Waals surface area (Å²) >= 11 is 0. The van der Waals surface area contributed by atoms with Gasteiger partial charge >= 0.3 is 0 Å². The molecule has 0 N–H and O–H groups in total. The maximum absolute atomic E-state index is 8.82. The Bertz CT molecular complexity index is 1310. The van der Waals surface area contributed by atoms with Gasteiger partial charge in [0.05, 0.1) is 0 Å². The Morgan fingerprint density at radius 1 is 0.765 bits per heavy atom. The van der Waals surface area contributed by atoms with Gasteiger partial charge in [-0.1, -0.05) is 48.5 Å². The van der Waals surface area contributed by atoms with E-state index in [0.29, 0.717) is 5.56 Å². The molecule has 5 aromatic rings. The van der Waals surface area contributed by atoms with Gasteiger partial charge in [0.15, 0.2) is 0 Å². The summed E-state index contributed by atoms with van der Waals surface area (Å²) in [7, 11) is 0. The first kappa shape index (κ1) is 24.7. The zero-order chi connectivity index (χ0) is 22.9. The molecule has 167 valence electrons. The van der Waals surface area contributed by atoms with Crippen LogP contribution in [0, 0.1) is 30.4 Å². The Morgan fingerprint density at radius 2 is 1.53 bits per heavy atom. The van der Waals surface area contributed by atoms with E-state index in [-0.39, 0.29) is 20.1 Å². The topological polar surface area (TPSA) is 49.6 Å². The SMILES string of the molecule is Cc1cc(-c2[c-]cc(C#N)cc2)ncc1-c1ccccc1.[Ir].[c-]1ccccc1-c1ccccn1. The Balaban J connectivity index is 0.000000212. The molecule has 3 nitrogen and oxygen atoms in total. The molecule has 0 spiro atoms. The van der Waals surface area contributed by atoms with Gasteiger partial charge in [0.2, 0.25) is 0 Å². The molecule has 0 aliphatic heterocycles. The number of hydrogen-bond donors (Lipinski definition) is 0. The third-order valence-electron chi connectivity index (χ3n) is 5.06. The molecular formula is C30H21IrN3-2. The van der Waals surface area contributed by atoms with E-state index < -0.39 is 0 Å². The number of nitrogens with zero attached hydrogens (tertiary/aromatic N) is 3. The minimum atomic E-state index is 0. The first-order chi connectivity index (χ1) is 16.2. The first-order valence-electron chi connectivity index (χ1n) is 10.6. The van der Waals surface area contributed by atoms with Gasteiger partial charge < -0.3 is 9.97 Å². The Morgan fingerprint density at radius 3 is 2.15 bits per heavy atom. The van der Waals surface area contributed by atoms with Gasteiger partial charge in [0, 0.05) is 44.1 Å². The molecule has 0 unspecified atom stereocenters. The van der Waals surface area contributed by atoms with E-state index in [4.69, 9.17) is 5.26 Å². The largest absolute Gasteiger partial charge is 0.305 e. The smallest absolute Gasteiger partial charge is 0.0476 e. The molecule has 4 heteroatoms. The number of aromatic nitrogens is 2. The van der Waals surface area contributed by atoms with Crippen molar-refractivity contribution in [1.29, 1.82) is 5.26 Å². The summed E-state index contributed by atoms with van der Waals surface area (Å²) < 4.78 is 0. The van der Waals surface area contributed by atoms with Gasteiger partial charge in [-0.3, -0.25) is 0 Å². The van der Waals surface area contributed by atoms with Crippen molar-refractivity contribution in [2.24, 2.45) is 0 Å². The van der Waals surface area contributed by atoms with Crippen molar-refractivity contribution in [1.82, 2.24) is 9.97 Å². The fourth-order valence-corrected chi connectivity index (χ4v) is 3.35. The van der Waals surface area contributed by atoms with E-state index in [9.17, 15) is 0 Å². The van der Waals surface area contributed by atoms with Crippen molar-refractivity contribution < 1.29 is 20.1 Å². The maximum Gasteiger partial charge on any atom is 0.0476 e. The summed E-state index contributed by atoms with van der Waals surface area (Å²) in [4.78, 5) is 8.75. The van der Waals surface area contributed by atoms with Crippen LogP contribution >= 0.6 is 0 Å². The van der Waals surface area contributed by atoms with Crippen molar-refractivity contribution in [3.05, 3.63) is 133 Å². The second kappa shape index (κ2) is 12.4. The van der Waals surface area contributed by atoms with Crippen LogP contribution < -0.4 is 0 Å². The normalized spacial score (nSPS) is 9.65. The molecule has 0 fully saturated rings. The Labute approximate surface area is 214 Å². The van der Waals surface area contributed by atoms with Crippen LogP contribution in [0.25, 0.3) is 33.6 Å². The maximum atomic E-state index is 8.82. The third kappa shape index (κ3) is 6.33. The van der Waals surface area contributed by atoms with Gasteiger partial charge in [0.1, 0.15) is 0 Å². The van der Waals surface area contributed by atoms with Crippen molar-refractivity contribution in [2.45, 2.75) is 6.92 Å². The molecular weight excluding hydrogens is 595 g/mol. The minimum Gasteiger partial charge on any atom is -0.305 e. The predicted octanol–water partition coefficient (Wildman–Crippen LogP) is 6.94. The number of rotatable bonds is 3. The monoisotopic (exact) mass is 616 g/mol. The van der Waals surface area contributed by atoms with Gasteiger partial charge in [-0.15, -0.1) is 65.7 Å². The summed E-state index contributed by atoms with van der Waals surface area (Å²) in [5.41, 5.74) is 7.86. The summed E-state index contributed by atoms with van der Waals surface area (Å²) in [5.74, 6) is 0.